The number of nitrogens with one attached hydrogen (secondary N) is 2. The highest BCUT2D eigenvalue weighted by atomic mass is 35.5. The summed E-state index contributed by atoms with van der Waals surface area (Å²) in [5, 5.41) is 5.80. The van der Waals surface area contributed by atoms with Crippen LogP contribution in [0.15, 0.2) is 54.9 Å². The van der Waals surface area contributed by atoms with E-state index in [-0.39, 0.29) is 17.2 Å². The number of carbonyl (C=O) groups excluding carboxylic acids is 1. The summed E-state index contributed by atoms with van der Waals surface area (Å²) in [7, 11) is 0. The molecule has 0 bridgehead atoms. The number of anilines is 3. The van der Waals surface area contributed by atoms with Crippen molar-refractivity contribution in [2.24, 2.45) is 0 Å². The van der Waals surface area contributed by atoms with Crippen LogP contribution in [0.5, 0.6) is 0 Å². The minimum atomic E-state index is -0.774. The van der Waals surface area contributed by atoms with Crippen molar-refractivity contribution >= 4 is 34.7 Å². The van der Waals surface area contributed by atoms with E-state index in [1.54, 1.807) is 24.3 Å². The number of aromatic nitrogens is 2. The van der Waals surface area contributed by atoms with Crippen molar-refractivity contribution in [2.45, 2.75) is 0 Å². The summed E-state index contributed by atoms with van der Waals surface area (Å²) in [5.74, 6) is -1.75. The molecule has 25 heavy (non-hydrogen) atoms. The van der Waals surface area contributed by atoms with Crippen LogP contribution in [0, 0.1) is 11.6 Å². The average molecular weight is 361 g/mol. The molecule has 1 amide bonds. The molecule has 2 aromatic carbocycles. The van der Waals surface area contributed by atoms with Gasteiger partial charge in [0.2, 0.25) is 0 Å². The smallest absolute Gasteiger partial charge is 0.274 e. The number of amides is 1. The van der Waals surface area contributed by atoms with Gasteiger partial charge in [-0.05, 0) is 30.3 Å². The Morgan fingerprint density at radius 1 is 1.04 bits per heavy atom. The van der Waals surface area contributed by atoms with Crippen LogP contribution in [-0.2, 0) is 0 Å². The van der Waals surface area contributed by atoms with Crippen LogP contribution in [0.4, 0.5) is 26.0 Å². The molecule has 0 aliphatic rings. The quantitative estimate of drug-likeness (QED) is 0.723. The molecule has 3 aromatic rings. The zero-order chi connectivity index (χ0) is 17.8. The zero-order valence-electron chi connectivity index (χ0n) is 12.6. The maximum absolute atomic E-state index is 13.7. The van der Waals surface area contributed by atoms with Gasteiger partial charge in [-0.15, -0.1) is 0 Å². The van der Waals surface area contributed by atoms with Crippen molar-refractivity contribution in [1.82, 2.24) is 9.97 Å². The van der Waals surface area contributed by atoms with E-state index in [2.05, 4.69) is 20.6 Å². The molecular formula is C17H11ClF2N4O. The van der Waals surface area contributed by atoms with Gasteiger partial charge in [0.1, 0.15) is 29.5 Å². The number of halogens is 3. The molecule has 0 atom stereocenters. The lowest BCUT2D eigenvalue weighted by atomic mass is 10.2. The molecule has 0 unspecified atom stereocenters. The number of nitrogens with zero attached hydrogens (tertiary/aromatic N) is 2. The van der Waals surface area contributed by atoms with Gasteiger partial charge in [0.05, 0.1) is 5.69 Å². The minimum absolute atomic E-state index is 0.0290. The largest absolute Gasteiger partial charge is 0.338 e. The van der Waals surface area contributed by atoms with Crippen LogP contribution < -0.4 is 10.6 Å². The Balaban J connectivity index is 1.77. The van der Waals surface area contributed by atoms with Crippen LogP contribution >= 0.6 is 11.6 Å². The lowest BCUT2D eigenvalue weighted by Gasteiger charge is -2.08. The first-order chi connectivity index (χ1) is 12.0. The molecule has 0 spiro atoms. The van der Waals surface area contributed by atoms with Crippen LogP contribution in [0.3, 0.4) is 0 Å². The second kappa shape index (κ2) is 7.23. The van der Waals surface area contributed by atoms with Gasteiger partial charge in [-0.25, -0.2) is 18.7 Å². The average Bonchev–Trinajstić information content (AvgIpc) is 2.58. The van der Waals surface area contributed by atoms with E-state index in [0.717, 1.165) is 18.5 Å². The normalized spacial score (nSPS) is 10.4. The zero-order valence-corrected chi connectivity index (χ0v) is 13.4. The van der Waals surface area contributed by atoms with E-state index in [4.69, 9.17) is 11.6 Å². The lowest BCUT2D eigenvalue weighted by Crippen LogP contribution is -2.14. The molecule has 5 nitrogen and oxygen atoms in total. The summed E-state index contributed by atoms with van der Waals surface area (Å²) in [6, 6.07) is 11.1. The molecule has 2 N–H and O–H groups in total. The molecule has 0 aliphatic carbocycles. The van der Waals surface area contributed by atoms with Gasteiger partial charge in [0, 0.05) is 22.8 Å². The van der Waals surface area contributed by atoms with E-state index in [1.165, 1.54) is 12.1 Å². The maximum atomic E-state index is 13.7. The molecule has 0 aliphatic heterocycles. The Bertz CT molecular complexity index is 936. The summed E-state index contributed by atoms with van der Waals surface area (Å²) in [4.78, 5) is 20.0. The number of rotatable bonds is 4. The van der Waals surface area contributed by atoms with Crippen LogP contribution in [0.2, 0.25) is 5.02 Å². The van der Waals surface area contributed by atoms with Gasteiger partial charge < -0.3 is 10.6 Å². The standard InChI is InChI=1S/C17H11ClF2N4O/c18-10-2-1-3-12(6-10)23-17(25)15-8-16(22-9-21-15)24-14-5-4-11(19)7-13(14)20/h1-9H,(H,23,25)(H,21,22,24). The molecule has 1 heterocycles. The van der Waals surface area contributed by atoms with Gasteiger partial charge in [-0.3, -0.25) is 4.79 Å². The second-order valence-corrected chi connectivity index (χ2v) is 5.44. The van der Waals surface area contributed by atoms with Crippen molar-refractivity contribution in [2.75, 3.05) is 10.6 Å². The number of hydrogen-bond acceptors (Lipinski definition) is 4. The van der Waals surface area contributed by atoms with Gasteiger partial charge in [-0.1, -0.05) is 17.7 Å². The Kier molecular flexibility index (Phi) is 4.85. The van der Waals surface area contributed by atoms with Crippen LogP contribution in [-0.4, -0.2) is 15.9 Å². The number of hydrogen-bond donors (Lipinski definition) is 2. The summed E-state index contributed by atoms with van der Waals surface area (Å²) in [5.41, 5.74) is 0.608. The summed E-state index contributed by atoms with van der Waals surface area (Å²) in [6.45, 7) is 0. The highest BCUT2D eigenvalue weighted by Crippen LogP contribution is 2.20. The van der Waals surface area contributed by atoms with E-state index in [1.807, 2.05) is 0 Å². The third kappa shape index (κ3) is 4.27. The number of carbonyl (C=O) groups is 1. The summed E-state index contributed by atoms with van der Waals surface area (Å²) >= 11 is 5.87. The topological polar surface area (TPSA) is 66.9 Å². The molecule has 126 valence electrons. The fourth-order valence-electron chi connectivity index (χ4n) is 2.04. The van der Waals surface area contributed by atoms with E-state index in [0.29, 0.717) is 10.7 Å². The monoisotopic (exact) mass is 360 g/mol. The molecule has 0 saturated heterocycles. The molecule has 0 saturated carbocycles. The highest BCUT2D eigenvalue weighted by Gasteiger charge is 2.11. The minimum Gasteiger partial charge on any atom is -0.338 e. The molecule has 8 heteroatoms. The third-order valence-electron chi connectivity index (χ3n) is 3.18. The molecule has 0 radical (unpaired) electrons. The third-order valence-corrected chi connectivity index (χ3v) is 3.41. The Labute approximate surface area is 146 Å². The molecule has 0 fully saturated rings. The van der Waals surface area contributed by atoms with Crippen molar-refractivity contribution < 1.29 is 13.6 Å². The fraction of sp³-hybridized carbons (Fsp3) is 0. The van der Waals surface area contributed by atoms with Crippen molar-refractivity contribution in [3.05, 3.63) is 77.2 Å². The van der Waals surface area contributed by atoms with Crippen molar-refractivity contribution in [1.29, 1.82) is 0 Å². The van der Waals surface area contributed by atoms with E-state index < -0.39 is 17.5 Å². The van der Waals surface area contributed by atoms with Crippen molar-refractivity contribution in [3.8, 4) is 0 Å². The summed E-state index contributed by atoms with van der Waals surface area (Å²) < 4.78 is 26.6. The SMILES string of the molecule is O=C(Nc1cccc(Cl)c1)c1cc(Nc2ccc(F)cc2F)ncn1. The predicted molar refractivity (Wildman–Crippen MR) is 91.1 cm³/mol. The summed E-state index contributed by atoms with van der Waals surface area (Å²) in [6.07, 6.45) is 1.16. The van der Waals surface area contributed by atoms with Gasteiger partial charge in [0.15, 0.2) is 0 Å². The lowest BCUT2D eigenvalue weighted by molar-refractivity contribution is 0.102. The Morgan fingerprint density at radius 3 is 2.64 bits per heavy atom. The molecule has 3 rings (SSSR count). The predicted octanol–water partition coefficient (Wildman–Crippen LogP) is 4.40. The van der Waals surface area contributed by atoms with E-state index >= 15 is 0 Å². The van der Waals surface area contributed by atoms with Gasteiger partial charge in [-0.2, -0.15) is 0 Å². The first-order valence-electron chi connectivity index (χ1n) is 7.12. The molecular weight excluding hydrogens is 350 g/mol. The number of benzene rings is 2. The first kappa shape index (κ1) is 16.8. The van der Waals surface area contributed by atoms with Crippen LogP contribution in [0.25, 0.3) is 0 Å². The Morgan fingerprint density at radius 2 is 1.88 bits per heavy atom. The first-order valence-corrected chi connectivity index (χ1v) is 7.50. The highest BCUT2D eigenvalue weighted by molar-refractivity contribution is 6.30. The van der Waals surface area contributed by atoms with Crippen LogP contribution in [0.1, 0.15) is 10.5 Å². The maximum Gasteiger partial charge on any atom is 0.274 e. The van der Waals surface area contributed by atoms with Crippen molar-refractivity contribution in [3.63, 3.8) is 0 Å². The van der Waals surface area contributed by atoms with Gasteiger partial charge >= 0.3 is 0 Å². The molecule has 1 aromatic heterocycles. The second-order valence-electron chi connectivity index (χ2n) is 5.00. The Hall–Kier alpha value is -3.06. The van der Waals surface area contributed by atoms with Gasteiger partial charge in [0.25, 0.3) is 5.91 Å². The van der Waals surface area contributed by atoms with E-state index in [9.17, 15) is 13.6 Å². The fourth-order valence-corrected chi connectivity index (χ4v) is 2.23.